The number of aromatic nitrogens is 6. The van der Waals surface area contributed by atoms with Crippen molar-refractivity contribution in [2.45, 2.75) is 25.9 Å². The summed E-state index contributed by atoms with van der Waals surface area (Å²) in [5.41, 5.74) is 1.62. The van der Waals surface area contributed by atoms with Gasteiger partial charge < -0.3 is 4.90 Å². The summed E-state index contributed by atoms with van der Waals surface area (Å²) >= 11 is 1.22. The summed E-state index contributed by atoms with van der Waals surface area (Å²) in [5, 5.41) is 12.1. The van der Waals surface area contributed by atoms with E-state index in [1.165, 1.54) is 16.4 Å². The number of rotatable bonds is 7. The van der Waals surface area contributed by atoms with Gasteiger partial charge in [0.2, 0.25) is 11.1 Å². The van der Waals surface area contributed by atoms with Crippen molar-refractivity contribution in [3.63, 3.8) is 0 Å². The maximum Gasteiger partial charge on any atom is 0.297 e. The Hall–Kier alpha value is -2.88. The highest BCUT2D eigenvalue weighted by molar-refractivity contribution is 7.99. The van der Waals surface area contributed by atoms with Crippen LogP contribution < -0.4 is 5.56 Å². The Morgan fingerprint density at radius 2 is 1.86 bits per heavy atom. The molecule has 0 aliphatic heterocycles. The predicted octanol–water partition coefficient (Wildman–Crippen LogP) is 1.42. The van der Waals surface area contributed by atoms with Gasteiger partial charge in [0.15, 0.2) is 5.69 Å². The molecular formula is C18H23N7O2S. The molecule has 0 aliphatic rings. The number of amides is 1. The monoisotopic (exact) mass is 401 g/mol. The van der Waals surface area contributed by atoms with E-state index in [4.69, 9.17) is 0 Å². The molecule has 0 atom stereocenters. The van der Waals surface area contributed by atoms with E-state index in [9.17, 15) is 9.59 Å². The van der Waals surface area contributed by atoms with Gasteiger partial charge in [-0.05, 0) is 43.3 Å². The first-order valence-corrected chi connectivity index (χ1v) is 10.0. The van der Waals surface area contributed by atoms with Gasteiger partial charge in [0.25, 0.3) is 5.56 Å². The summed E-state index contributed by atoms with van der Waals surface area (Å²) in [4.78, 5) is 27.2. The summed E-state index contributed by atoms with van der Waals surface area (Å²) in [5.74, 6) is 0.219. The number of para-hydroxylation sites is 1. The van der Waals surface area contributed by atoms with Gasteiger partial charge in [-0.3, -0.25) is 14.3 Å². The lowest BCUT2D eigenvalue weighted by Crippen LogP contribution is -2.32. The Balaban J connectivity index is 1.95. The van der Waals surface area contributed by atoms with Crippen LogP contribution in [-0.4, -0.2) is 59.2 Å². The number of nitrogens with zero attached hydrogens (tertiary/aromatic N) is 7. The quantitative estimate of drug-likeness (QED) is 0.556. The highest BCUT2D eigenvalue weighted by Gasteiger charge is 2.22. The lowest BCUT2D eigenvalue weighted by molar-refractivity contribution is -0.127. The summed E-state index contributed by atoms with van der Waals surface area (Å²) in [7, 11) is 1.81. The second-order valence-corrected chi connectivity index (χ2v) is 7.08. The van der Waals surface area contributed by atoms with E-state index < -0.39 is 0 Å². The molecule has 1 aromatic carbocycles. The molecule has 0 bridgehead atoms. The second-order valence-electron chi connectivity index (χ2n) is 6.14. The smallest absolute Gasteiger partial charge is 0.297 e. The largest absolute Gasteiger partial charge is 0.343 e. The van der Waals surface area contributed by atoms with Gasteiger partial charge in [0, 0.05) is 20.1 Å². The first-order chi connectivity index (χ1) is 13.5. The number of thioether (sulfide) groups is 1. The Bertz CT molecular complexity index is 1020. The fourth-order valence-corrected chi connectivity index (χ4v) is 3.78. The van der Waals surface area contributed by atoms with E-state index in [2.05, 4.69) is 15.5 Å². The number of benzene rings is 1. The topological polar surface area (TPSA) is 90.8 Å². The first-order valence-electron chi connectivity index (χ1n) is 9.02. The van der Waals surface area contributed by atoms with Crippen molar-refractivity contribution in [3.05, 3.63) is 46.4 Å². The predicted molar refractivity (Wildman–Crippen MR) is 107 cm³/mol. The molecule has 9 nitrogen and oxygen atoms in total. The minimum atomic E-state index is -0.226. The van der Waals surface area contributed by atoms with Crippen molar-refractivity contribution in [1.82, 2.24) is 34.5 Å². The lowest BCUT2D eigenvalue weighted by Gasteiger charge is -2.17. The highest BCUT2D eigenvalue weighted by atomic mass is 32.2. The molecule has 0 unspecified atom stereocenters. The second kappa shape index (κ2) is 8.42. The molecule has 0 saturated heterocycles. The Morgan fingerprint density at radius 3 is 2.50 bits per heavy atom. The van der Waals surface area contributed by atoms with Gasteiger partial charge in [0.1, 0.15) is 0 Å². The van der Waals surface area contributed by atoms with Crippen LogP contribution in [0.15, 0.2) is 40.3 Å². The van der Waals surface area contributed by atoms with Crippen molar-refractivity contribution in [2.75, 3.05) is 18.8 Å². The van der Waals surface area contributed by atoms with Crippen LogP contribution in [0.2, 0.25) is 0 Å². The summed E-state index contributed by atoms with van der Waals surface area (Å²) in [6.07, 6.45) is 0. The molecule has 0 saturated carbocycles. The molecule has 0 aliphatic carbocycles. The molecule has 0 radical (unpaired) electrons. The number of hydrogen-bond donors (Lipinski definition) is 0. The molecule has 0 fully saturated rings. The van der Waals surface area contributed by atoms with Crippen molar-refractivity contribution < 1.29 is 4.79 Å². The normalized spacial score (nSPS) is 11.0. The zero-order valence-corrected chi connectivity index (χ0v) is 17.2. The van der Waals surface area contributed by atoms with Crippen molar-refractivity contribution >= 4 is 17.7 Å². The van der Waals surface area contributed by atoms with E-state index >= 15 is 0 Å². The summed E-state index contributed by atoms with van der Waals surface area (Å²) < 4.78 is 4.75. The van der Waals surface area contributed by atoms with Gasteiger partial charge in [-0.25, -0.2) is 4.68 Å². The van der Waals surface area contributed by atoms with Crippen LogP contribution in [0.3, 0.4) is 0 Å². The standard InChI is InChI=1S/C18H23N7O2S/c1-5-23(6-2)15(26)12-28-18-19-20-21-24(18)16-13(3)22(4)25(17(16)27)14-10-8-7-9-11-14/h7-11H,5-6,12H2,1-4H3. The Morgan fingerprint density at radius 1 is 1.18 bits per heavy atom. The third kappa shape index (κ3) is 3.59. The molecular weight excluding hydrogens is 378 g/mol. The zero-order valence-electron chi connectivity index (χ0n) is 16.4. The van der Waals surface area contributed by atoms with Gasteiger partial charge in [-0.2, -0.15) is 4.68 Å². The van der Waals surface area contributed by atoms with Crippen LogP contribution in [0, 0.1) is 6.92 Å². The fraction of sp³-hybridized carbons (Fsp3) is 0.389. The average molecular weight is 401 g/mol. The Kier molecular flexibility index (Phi) is 5.98. The van der Waals surface area contributed by atoms with Gasteiger partial charge in [-0.1, -0.05) is 30.0 Å². The maximum atomic E-state index is 13.1. The van der Waals surface area contributed by atoms with Crippen molar-refractivity contribution in [1.29, 1.82) is 0 Å². The number of tetrazole rings is 1. The molecule has 2 aromatic heterocycles. The summed E-state index contributed by atoms with van der Waals surface area (Å²) in [6, 6.07) is 9.38. The van der Waals surface area contributed by atoms with E-state index in [0.29, 0.717) is 23.9 Å². The van der Waals surface area contributed by atoms with Gasteiger partial charge >= 0.3 is 0 Å². The molecule has 10 heteroatoms. The minimum Gasteiger partial charge on any atom is -0.343 e. The molecule has 1 amide bonds. The third-order valence-corrected chi connectivity index (χ3v) is 5.52. The highest BCUT2D eigenvalue weighted by Crippen LogP contribution is 2.20. The van der Waals surface area contributed by atoms with E-state index in [0.717, 1.165) is 11.4 Å². The fourth-order valence-electron chi connectivity index (χ4n) is 3.00. The zero-order chi connectivity index (χ0) is 20.3. The van der Waals surface area contributed by atoms with Crippen LogP contribution >= 0.6 is 11.8 Å². The minimum absolute atomic E-state index is 0.0102. The molecule has 148 valence electrons. The molecule has 3 rings (SSSR count). The van der Waals surface area contributed by atoms with Crippen molar-refractivity contribution in [2.24, 2.45) is 7.05 Å². The number of hydrogen-bond acceptors (Lipinski definition) is 6. The molecule has 28 heavy (non-hydrogen) atoms. The van der Waals surface area contributed by atoms with E-state index in [1.54, 1.807) is 14.3 Å². The lowest BCUT2D eigenvalue weighted by atomic mass is 10.3. The van der Waals surface area contributed by atoms with E-state index in [-0.39, 0.29) is 17.2 Å². The maximum absolute atomic E-state index is 13.1. The van der Waals surface area contributed by atoms with Crippen LogP contribution in [-0.2, 0) is 11.8 Å². The van der Waals surface area contributed by atoms with Crippen LogP contribution in [0.4, 0.5) is 0 Å². The van der Waals surface area contributed by atoms with Gasteiger partial charge in [0.05, 0.1) is 17.1 Å². The first kappa shape index (κ1) is 19.9. The SMILES string of the molecule is CCN(CC)C(=O)CSc1nnnn1-c1c(C)n(C)n(-c2ccccc2)c1=O. The van der Waals surface area contributed by atoms with Crippen LogP contribution in [0.25, 0.3) is 11.4 Å². The van der Waals surface area contributed by atoms with Crippen molar-refractivity contribution in [3.8, 4) is 11.4 Å². The molecule has 0 N–H and O–H groups in total. The number of carbonyl (C=O) groups excluding carboxylic acids is 1. The van der Waals surface area contributed by atoms with E-state index in [1.807, 2.05) is 58.2 Å². The summed E-state index contributed by atoms with van der Waals surface area (Å²) in [6.45, 7) is 7.03. The van der Waals surface area contributed by atoms with Crippen LogP contribution in [0.5, 0.6) is 0 Å². The molecule has 0 spiro atoms. The Labute approximate surface area is 166 Å². The molecule has 2 heterocycles. The average Bonchev–Trinajstić information content (AvgIpc) is 3.24. The third-order valence-electron chi connectivity index (χ3n) is 4.62. The van der Waals surface area contributed by atoms with Gasteiger partial charge in [-0.15, -0.1) is 5.10 Å². The number of carbonyl (C=O) groups is 1. The van der Waals surface area contributed by atoms with Crippen LogP contribution in [0.1, 0.15) is 19.5 Å². The molecule has 3 aromatic rings.